The Morgan fingerprint density at radius 2 is 2.16 bits per heavy atom. The van der Waals surface area contributed by atoms with Crippen LogP contribution in [-0.2, 0) is 14.6 Å². The molecule has 1 fully saturated rings. The minimum Gasteiger partial charge on any atom is -0.354 e. The maximum Gasteiger partial charge on any atom is 0.221 e. The van der Waals surface area contributed by atoms with Crippen LogP contribution in [0.15, 0.2) is 0 Å². The molecule has 6 nitrogen and oxygen atoms in total. The van der Waals surface area contributed by atoms with Gasteiger partial charge >= 0.3 is 0 Å². The summed E-state index contributed by atoms with van der Waals surface area (Å²) in [5.74, 6) is 0.150. The number of sulfone groups is 1. The van der Waals surface area contributed by atoms with E-state index in [0.717, 1.165) is 13.0 Å². The van der Waals surface area contributed by atoms with Crippen molar-refractivity contribution in [3.63, 3.8) is 0 Å². The van der Waals surface area contributed by atoms with Crippen molar-refractivity contribution in [1.82, 2.24) is 15.5 Å². The minimum atomic E-state index is -2.98. The van der Waals surface area contributed by atoms with Crippen LogP contribution in [0.1, 0.15) is 19.8 Å². The van der Waals surface area contributed by atoms with E-state index < -0.39 is 9.84 Å². The van der Waals surface area contributed by atoms with E-state index in [-0.39, 0.29) is 35.9 Å². The lowest BCUT2D eigenvalue weighted by atomic mass is 10.2. The second kappa shape index (κ2) is 7.21. The van der Waals surface area contributed by atoms with E-state index in [1.165, 1.54) is 0 Å². The SMILES string of the molecule is CC(CCN(C)C)NC(=O)CC1CS(=O)(=O)CCN1. The molecule has 1 saturated heterocycles. The van der Waals surface area contributed by atoms with E-state index in [1.807, 2.05) is 21.0 Å². The van der Waals surface area contributed by atoms with Crippen molar-refractivity contribution in [2.75, 3.05) is 38.7 Å². The monoisotopic (exact) mass is 291 g/mol. The molecule has 0 aromatic rings. The number of carbonyl (C=O) groups is 1. The topological polar surface area (TPSA) is 78.5 Å². The lowest BCUT2D eigenvalue weighted by molar-refractivity contribution is -0.122. The standard InChI is InChI=1S/C12H25N3O3S/c1-10(4-6-15(2)3)14-12(16)8-11-9-19(17,18)7-5-13-11/h10-11,13H,4-9H2,1-3H3,(H,14,16). The first-order valence-corrected chi connectivity index (χ1v) is 8.48. The van der Waals surface area contributed by atoms with Crippen LogP contribution >= 0.6 is 0 Å². The van der Waals surface area contributed by atoms with Crippen molar-refractivity contribution in [3.8, 4) is 0 Å². The lowest BCUT2D eigenvalue weighted by Gasteiger charge is -2.24. The number of rotatable bonds is 6. The molecule has 1 aliphatic heterocycles. The zero-order valence-electron chi connectivity index (χ0n) is 12.0. The summed E-state index contributed by atoms with van der Waals surface area (Å²) in [7, 11) is 1.01. The quantitative estimate of drug-likeness (QED) is 0.671. The summed E-state index contributed by atoms with van der Waals surface area (Å²) in [5.41, 5.74) is 0. The molecule has 112 valence electrons. The van der Waals surface area contributed by atoms with Crippen molar-refractivity contribution in [2.24, 2.45) is 0 Å². The van der Waals surface area contributed by atoms with Crippen LogP contribution in [-0.4, -0.2) is 70.0 Å². The molecular weight excluding hydrogens is 266 g/mol. The molecule has 0 aliphatic carbocycles. The van der Waals surface area contributed by atoms with Gasteiger partial charge in [-0.05, 0) is 34.0 Å². The fraction of sp³-hybridized carbons (Fsp3) is 0.917. The number of hydrogen-bond donors (Lipinski definition) is 2. The zero-order valence-corrected chi connectivity index (χ0v) is 12.8. The molecule has 19 heavy (non-hydrogen) atoms. The molecule has 2 N–H and O–H groups in total. The Kier molecular flexibility index (Phi) is 6.22. The predicted octanol–water partition coefficient (Wildman–Crippen LogP) is -0.780. The van der Waals surface area contributed by atoms with Gasteiger partial charge in [-0.3, -0.25) is 4.79 Å². The predicted molar refractivity (Wildman–Crippen MR) is 75.8 cm³/mol. The van der Waals surface area contributed by atoms with E-state index in [2.05, 4.69) is 15.5 Å². The summed E-state index contributed by atoms with van der Waals surface area (Å²) in [5, 5.41) is 5.99. The Morgan fingerprint density at radius 1 is 1.47 bits per heavy atom. The molecule has 1 rings (SSSR count). The number of nitrogens with zero attached hydrogens (tertiary/aromatic N) is 1. The summed E-state index contributed by atoms with van der Waals surface area (Å²) in [6.07, 6.45) is 1.11. The van der Waals surface area contributed by atoms with Gasteiger partial charge < -0.3 is 15.5 Å². The van der Waals surface area contributed by atoms with Crippen LogP contribution in [0.25, 0.3) is 0 Å². The highest BCUT2D eigenvalue weighted by atomic mass is 32.2. The van der Waals surface area contributed by atoms with Crippen molar-refractivity contribution in [2.45, 2.75) is 31.8 Å². The summed E-state index contributed by atoms with van der Waals surface area (Å²) < 4.78 is 22.9. The van der Waals surface area contributed by atoms with Gasteiger partial charge in [0.1, 0.15) is 0 Å². The maximum absolute atomic E-state index is 11.8. The highest BCUT2D eigenvalue weighted by Crippen LogP contribution is 2.05. The molecule has 0 aromatic heterocycles. The molecule has 0 bridgehead atoms. The molecule has 2 unspecified atom stereocenters. The summed E-state index contributed by atoms with van der Waals surface area (Å²) in [6.45, 7) is 3.32. The third-order valence-electron chi connectivity index (χ3n) is 3.15. The Bertz CT molecular complexity index is 395. The Morgan fingerprint density at radius 3 is 2.74 bits per heavy atom. The second-order valence-electron chi connectivity index (χ2n) is 5.53. The molecular formula is C12H25N3O3S. The number of carbonyl (C=O) groups excluding carboxylic acids is 1. The van der Waals surface area contributed by atoms with E-state index in [4.69, 9.17) is 0 Å². The molecule has 0 aromatic carbocycles. The number of amides is 1. The van der Waals surface area contributed by atoms with Crippen LogP contribution in [0.2, 0.25) is 0 Å². The minimum absolute atomic E-state index is 0.0620. The van der Waals surface area contributed by atoms with E-state index in [1.54, 1.807) is 0 Å². The zero-order chi connectivity index (χ0) is 14.5. The highest BCUT2D eigenvalue weighted by molar-refractivity contribution is 7.91. The Balaban J connectivity index is 2.30. The first-order chi connectivity index (χ1) is 8.78. The van der Waals surface area contributed by atoms with Gasteiger partial charge in [0.2, 0.25) is 5.91 Å². The van der Waals surface area contributed by atoms with Gasteiger partial charge in [-0.15, -0.1) is 0 Å². The molecule has 0 saturated carbocycles. The van der Waals surface area contributed by atoms with Crippen molar-refractivity contribution in [3.05, 3.63) is 0 Å². The van der Waals surface area contributed by atoms with E-state index in [9.17, 15) is 13.2 Å². The second-order valence-corrected chi connectivity index (χ2v) is 7.76. The fourth-order valence-corrected chi connectivity index (χ4v) is 3.52. The van der Waals surface area contributed by atoms with Gasteiger partial charge in [0, 0.05) is 25.0 Å². The first-order valence-electron chi connectivity index (χ1n) is 6.66. The van der Waals surface area contributed by atoms with Gasteiger partial charge in [0.05, 0.1) is 11.5 Å². The lowest BCUT2D eigenvalue weighted by Crippen LogP contribution is -2.48. The normalized spacial score (nSPS) is 24.1. The van der Waals surface area contributed by atoms with Crippen molar-refractivity contribution >= 4 is 15.7 Å². The smallest absolute Gasteiger partial charge is 0.221 e. The van der Waals surface area contributed by atoms with Gasteiger partial charge in [0.25, 0.3) is 0 Å². The summed E-state index contributed by atoms with van der Waals surface area (Å²) in [4.78, 5) is 13.9. The van der Waals surface area contributed by atoms with Gasteiger partial charge in [-0.1, -0.05) is 0 Å². The van der Waals surface area contributed by atoms with Gasteiger partial charge in [0.15, 0.2) is 9.84 Å². The summed E-state index contributed by atoms with van der Waals surface area (Å²) in [6, 6.07) is -0.144. The number of hydrogen-bond acceptors (Lipinski definition) is 5. The van der Waals surface area contributed by atoms with Crippen LogP contribution in [0, 0.1) is 0 Å². The van der Waals surface area contributed by atoms with Crippen LogP contribution < -0.4 is 10.6 Å². The van der Waals surface area contributed by atoms with Crippen molar-refractivity contribution in [1.29, 1.82) is 0 Å². The highest BCUT2D eigenvalue weighted by Gasteiger charge is 2.26. The van der Waals surface area contributed by atoms with Crippen molar-refractivity contribution < 1.29 is 13.2 Å². The Hall–Kier alpha value is -0.660. The molecule has 7 heteroatoms. The molecule has 2 atom stereocenters. The van der Waals surface area contributed by atoms with Crippen LogP contribution in [0.5, 0.6) is 0 Å². The Labute approximate surface area is 115 Å². The summed E-state index contributed by atoms with van der Waals surface area (Å²) >= 11 is 0. The van der Waals surface area contributed by atoms with Gasteiger partial charge in [-0.2, -0.15) is 0 Å². The van der Waals surface area contributed by atoms with Gasteiger partial charge in [-0.25, -0.2) is 8.42 Å². The van der Waals surface area contributed by atoms with Crippen LogP contribution in [0.4, 0.5) is 0 Å². The molecule has 1 aliphatic rings. The third kappa shape index (κ3) is 6.89. The largest absolute Gasteiger partial charge is 0.354 e. The fourth-order valence-electron chi connectivity index (χ4n) is 2.08. The third-order valence-corrected chi connectivity index (χ3v) is 4.89. The maximum atomic E-state index is 11.8. The average Bonchev–Trinajstić information content (AvgIpc) is 2.24. The molecule has 0 radical (unpaired) electrons. The van der Waals surface area contributed by atoms with E-state index >= 15 is 0 Å². The molecule has 0 spiro atoms. The number of nitrogens with one attached hydrogen (secondary N) is 2. The average molecular weight is 291 g/mol. The van der Waals surface area contributed by atoms with Crippen LogP contribution in [0.3, 0.4) is 0 Å². The molecule has 1 amide bonds. The first kappa shape index (κ1) is 16.4. The van der Waals surface area contributed by atoms with E-state index in [0.29, 0.717) is 6.54 Å². The molecule has 1 heterocycles.